The van der Waals surface area contributed by atoms with Crippen LogP contribution < -0.4 is 5.32 Å². The molecule has 0 saturated carbocycles. The molecule has 3 aromatic rings. The number of sulfonamides is 1. The van der Waals surface area contributed by atoms with Crippen LogP contribution in [0.25, 0.3) is 11.0 Å². The molecule has 1 N–H and O–H groups in total. The Morgan fingerprint density at radius 2 is 2.04 bits per heavy atom. The van der Waals surface area contributed by atoms with E-state index in [-0.39, 0.29) is 17.1 Å². The summed E-state index contributed by atoms with van der Waals surface area (Å²) in [6, 6.07) is 9.39. The summed E-state index contributed by atoms with van der Waals surface area (Å²) in [5, 5.41) is 2.60. The summed E-state index contributed by atoms with van der Waals surface area (Å²) < 4.78 is 49.1. The van der Waals surface area contributed by atoms with Crippen molar-refractivity contribution in [3.63, 3.8) is 0 Å². The minimum absolute atomic E-state index is 0.0409. The normalized spacial score (nSPS) is 18.0. The number of carbonyl (C=O) groups is 1. The van der Waals surface area contributed by atoms with Gasteiger partial charge in [0.1, 0.15) is 27.8 Å². The SMILES string of the molecule is O=C(Nc1cccc(F)c1)C1CCCN1S(=O)(=O)c1cccc2nsnc12. The van der Waals surface area contributed by atoms with Crippen molar-refractivity contribution in [2.24, 2.45) is 0 Å². The first-order valence-electron chi connectivity index (χ1n) is 8.26. The zero-order chi connectivity index (χ0) is 19.0. The molecule has 1 fully saturated rings. The molecule has 1 unspecified atom stereocenters. The average Bonchev–Trinajstić information content (AvgIpc) is 3.31. The molecule has 2 aromatic carbocycles. The van der Waals surface area contributed by atoms with Gasteiger partial charge in [-0.05, 0) is 43.2 Å². The molecule has 1 amide bonds. The highest BCUT2D eigenvalue weighted by molar-refractivity contribution is 7.89. The quantitative estimate of drug-likeness (QED) is 0.719. The number of rotatable bonds is 4. The largest absolute Gasteiger partial charge is 0.325 e. The lowest BCUT2D eigenvalue weighted by Crippen LogP contribution is -2.43. The molecule has 7 nitrogen and oxygen atoms in total. The zero-order valence-electron chi connectivity index (χ0n) is 14.0. The lowest BCUT2D eigenvalue weighted by Gasteiger charge is -2.23. The van der Waals surface area contributed by atoms with Crippen molar-refractivity contribution in [2.45, 2.75) is 23.8 Å². The third kappa shape index (κ3) is 3.31. The van der Waals surface area contributed by atoms with Crippen molar-refractivity contribution in [1.82, 2.24) is 13.1 Å². The first-order valence-corrected chi connectivity index (χ1v) is 10.4. The summed E-state index contributed by atoms with van der Waals surface area (Å²) in [5.74, 6) is -0.961. The number of hydrogen-bond acceptors (Lipinski definition) is 6. The summed E-state index contributed by atoms with van der Waals surface area (Å²) in [4.78, 5) is 12.7. The van der Waals surface area contributed by atoms with E-state index in [1.807, 2.05) is 0 Å². The van der Waals surface area contributed by atoms with Gasteiger partial charge in [0, 0.05) is 12.2 Å². The first-order chi connectivity index (χ1) is 13.0. The van der Waals surface area contributed by atoms with Crippen molar-refractivity contribution < 1.29 is 17.6 Å². The van der Waals surface area contributed by atoms with Crippen LogP contribution >= 0.6 is 11.7 Å². The summed E-state index contributed by atoms with van der Waals surface area (Å²) in [5.41, 5.74) is 1.09. The zero-order valence-corrected chi connectivity index (χ0v) is 15.6. The molecule has 4 rings (SSSR count). The molecule has 27 heavy (non-hydrogen) atoms. The van der Waals surface area contributed by atoms with E-state index in [4.69, 9.17) is 0 Å². The maximum Gasteiger partial charge on any atom is 0.246 e. The highest BCUT2D eigenvalue weighted by Gasteiger charge is 2.40. The number of halogens is 1. The molecule has 1 aliphatic rings. The number of aromatic nitrogens is 2. The minimum atomic E-state index is -3.93. The molecule has 140 valence electrons. The van der Waals surface area contributed by atoms with Crippen LogP contribution in [0.5, 0.6) is 0 Å². The van der Waals surface area contributed by atoms with Crippen LogP contribution in [0.1, 0.15) is 12.8 Å². The fourth-order valence-corrected chi connectivity index (χ4v) is 5.61. The molecule has 0 radical (unpaired) electrons. The van der Waals surface area contributed by atoms with E-state index >= 15 is 0 Å². The van der Waals surface area contributed by atoms with E-state index in [1.165, 1.54) is 28.6 Å². The van der Waals surface area contributed by atoms with Crippen molar-refractivity contribution in [3.8, 4) is 0 Å². The van der Waals surface area contributed by atoms with E-state index in [0.29, 0.717) is 23.9 Å². The van der Waals surface area contributed by atoms with Gasteiger partial charge in [-0.25, -0.2) is 12.8 Å². The highest BCUT2D eigenvalue weighted by Crippen LogP contribution is 2.30. The van der Waals surface area contributed by atoms with Gasteiger partial charge in [-0.15, -0.1) is 0 Å². The second-order valence-corrected chi connectivity index (χ2v) is 8.55. The van der Waals surface area contributed by atoms with Crippen molar-refractivity contribution in [2.75, 3.05) is 11.9 Å². The van der Waals surface area contributed by atoms with Crippen LogP contribution in [-0.2, 0) is 14.8 Å². The van der Waals surface area contributed by atoms with Crippen LogP contribution in [0.4, 0.5) is 10.1 Å². The number of anilines is 1. The number of fused-ring (bicyclic) bond motifs is 1. The Labute approximate surface area is 159 Å². The molecular weight excluding hydrogens is 391 g/mol. The van der Waals surface area contributed by atoms with Crippen LogP contribution in [0.2, 0.25) is 0 Å². The molecule has 0 spiro atoms. The third-order valence-electron chi connectivity index (χ3n) is 4.43. The van der Waals surface area contributed by atoms with E-state index in [1.54, 1.807) is 18.2 Å². The predicted octanol–water partition coefficient (Wildman–Crippen LogP) is 2.62. The van der Waals surface area contributed by atoms with E-state index in [2.05, 4.69) is 14.1 Å². The topological polar surface area (TPSA) is 92.3 Å². The van der Waals surface area contributed by atoms with Crippen molar-refractivity contribution in [3.05, 3.63) is 48.3 Å². The van der Waals surface area contributed by atoms with Gasteiger partial charge in [-0.1, -0.05) is 12.1 Å². The van der Waals surface area contributed by atoms with Crippen LogP contribution in [0.3, 0.4) is 0 Å². The van der Waals surface area contributed by atoms with Gasteiger partial charge in [0.2, 0.25) is 15.9 Å². The monoisotopic (exact) mass is 406 g/mol. The number of nitrogens with one attached hydrogen (secondary N) is 1. The molecule has 0 bridgehead atoms. The van der Waals surface area contributed by atoms with Crippen LogP contribution in [0.15, 0.2) is 47.4 Å². The highest BCUT2D eigenvalue weighted by atomic mass is 32.2. The number of hydrogen-bond donors (Lipinski definition) is 1. The third-order valence-corrected chi connectivity index (χ3v) is 6.92. The number of amides is 1. The summed E-state index contributed by atoms with van der Waals surface area (Å²) in [7, 11) is -3.93. The molecule has 10 heteroatoms. The van der Waals surface area contributed by atoms with Crippen molar-refractivity contribution >= 4 is 44.4 Å². The maximum atomic E-state index is 13.3. The fourth-order valence-electron chi connectivity index (χ4n) is 3.20. The van der Waals surface area contributed by atoms with Gasteiger partial charge >= 0.3 is 0 Å². The Hall–Kier alpha value is -2.43. The Morgan fingerprint density at radius 3 is 2.85 bits per heavy atom. The molecule has 1 aliphatic heterocycles. The number of benzene rings is 2. The summed E-state index contributed by atoms with van der Waals surface area (Å²) in [6.07, 6.45) is 0.956. The molecular formula is C17H15FN4O3S2. The van der Waals surface area contributed by atoms with Crippen LogP contribution in [0, 0.1) is 5.82 Å². The molecule has 1 atom stereocenters. The molecule has 2 heterocycles. The second kappa shape index (κ2) is 6.95. The van der Waals surface area contributed by atoms with Gasteiger partial charge < -0.3 is 5.32 Å². The average molecular weight is 406 g/mol. The first kappa shape index (κ1) is 18.0. The molecule has 0 aliphatic carbocycles. The molecule has 1 saturated heterocycles. The van der Waals surface area contributed by atoms with Gasteiger partial charge in [-0.2, -0.15) is 13.1 Å². The van der Waals surface area contributed by atoms with Gasteiger partial charge in [0.25, 0.3) is 0 Å². The van der Waals surface area contributed by atoms with E-state index in [9.17, 15) is 17.6 Å². The van der Waals surface area contributed by atoms with Crippen molar-refractivity contribution in [1.29, 1.82) is 0 Å². The molecule has 1 aromatic heterocycles. The van der Waals surface area contributed by atoms with E-state index in [0.717, 1.165) is 11.7 Å². The fraction of sp³-hybridized carbons (Fsp3) is 0.235. The van der Waals surface area contributed by atoms with Gasteiger partial charge in [0.05, 0.1) is 11.7 Å². The standard InChI is InChI=1S/C17H15FN4O3S2/c18-11-4-1-5-12(10-11)19-17(23)14-7-3-9-22(14)27(24,25)15-8-2-6-13-16(15)21-26-20-13/h1-2,4-6,8,10,14H,3,7,9H2,(H,19,23). The van der Waals surface area contributed by atoms with Gasteiger partial charge in [-0.3, -0.25) is 4.79 Å². The maximum absolute atomic E-state index is 13.3. The van der Waals surface area contributed by atoms with E-state index < -0.39 is 27.8 Å². The lowest BCUT2D eigenvalue weighted by molar-refractivity contribution is -0.119. The summed E-state index contributed by atoms with van der Waals surface area (Å²) in [6.45, 7) is 0.234. The van der Waals surface area contributed by atoms with Crippen LogP contribution in [-0.4, -0.2) is 40.0 Å². The smallest absolute Gasteiger partial charge is 0.246 e. The predicted molar refractivity (Wildman–Crippen MR) is 99.4 cm³/mol. The summed E-state index contributed by atoms with van der Waals surface area (Å²) >= 11 is 0.938. The number of carbonyl (C=O) groups excluding carboxylic acids is 1. The Kier molecular flexibility index (Phi) is 4.62. The Morgan fingerprint density at radius 1 is 1.22 bits per heavy atom. The Bertz CT molecular complexity index is 1120. The number of nitrogens with zero attached hydrogens (tertiary/aromatic N) is 3. The lowest BCUT2D eigenvalue weighted by atomic mass is 10.2. The minimum Gasteiger partial charge on any atom is -0.325 e. The Balaban J connectivity index is 1.64. The second-order valence-electron chi connectivity index (χ2n) is 6.16. The van der Waals surface area contributed by atoms with Gasteiger partial charge in [0.15, 0.2) is 0 Å².